The number of hydrogen-bond donors (Lipinski definition) is 1. The lowest BCUT2D eigenvalue weighted by molar-refractivity contribution is -0.137. The maximum Gasteiger partial charge on any atom is 0.416 e. The van der Waals surface area contributed by atoms with Crippen molar-refractivity contribution in [1.29, 1.82) is 0 Å². The molecule has 1 N–H and O–H groups in total. The van der Waals surface area contributed by atoms with Crippen LogP contribution in [0.15, 0.2) is 54.6 Å². The van der Waals surface area contributed by atoms with Gasteiger partial charge in [-0.3, -0.25) is 0 Å². The molecule has 0 radical (unpaired) electrons. The summed E-state index contributed by atoms with van der Waals surface area (Å²) >= 11 is 0. The topological polar surface area (TPSA) is 12.0 Å². The van der Waals surface area contributed by atoms with E-state index in [0.717, 1.165) is 6.07 Å². The lowest BCUT2D eigenvalue weighted by Gasteiger charge is -2.21. The van der Waals surface area contributed by atoms with Crippen LogP contribution < -0.4 is 5.32 Å². The first-order valence-electron chi connectivity index (χ1n) is 7.33. The van der Waals surface area contributed by atoms with Crippen LogP contribution in [0.4, 0.5) is 13.2 Å². The van der Waals surface area contributed by atoms with Crippen molar-refractivity contribution in [3.63, 3.8) is 0 Å². The summed E-state index contributed by atoms with van der Waals surface area (Å²) in [6.07, 6.45) is -3.73. The van der Waals surface area contributed by atoms with Gasteiger partial charge in [0.1, 0.15) is 0 Å². The molecule has 126 valence electrons. The predicted octanol–water partition coefficient (Wildman–Crippen LogP) is 5.41. The highest BCUT2D eigenvalue weighted by atomic mass is 35.5. The average molecular weight is 344 g/mol. The third-order valence-electron chi connectivity index (χ3n) is 3.63. The van der Waals surface area contributed by atoms with E-state index in [4.69, 9.17) is 0 Å². The number of hydrogen-bond acceptors (Lipinski definition) is 1. The number of alkyl halides is 3. The van der Waals surface area contributed by atoms with Gasteiger partial charge < -0.3 is 5.32 Å². The Morgan fingerprint density at radius 1 is 0.957 bits per heavy atom. The van der Waals surface area contributed by atoms with Gasteiger partial charge in [-0.1, -0.05) is 48.5 Å². The normalized spacial score (nSPS) is 14.0. The zero-order valence-corrected chi connectivity index (χ0v) is 13.9. The van der Waals surface area contributed by atoms with Crippen molar-refractivity contribution >= 4 is 12.4 Å². The van der Waals surface area contributed by atoms with Crippen molar-refractivity contribution in [3.05, 3.63) is 71.3 Å². The Morgan fingerprint density at radius 3 is 2.22 bits per heavy atom. The lowest BCUT2D eigenvalue weighted by atomic mass is 10.0. The van der Waals surface area contributed by atoms with Crippen LogP contribution in [0.5, 0.6) is 0 Å². The first-order chi connectivity index (χ1) is 10.4. The van der Waals surface area contributed by atoms with Crippen molar-refractivity contribution in [2.24, 2.45) is 0 Å². The molecular weight excluding hydrogens is 323 g/mol. The molecule has 5 heteroatoms. The second-order valence-corrected chi connectivity index (χ2v) is 5.60. The fraction of sp³-hybridized carbons (Fsp3) is 0.333. The number of nitrogens with one attached hydrogen (secondary N) is 1. The van der Waals surface area contributed by atoms with Crippen LogP contribution in [-0.2, 0) is 12.6 Å². The molecule has 2 rings (SSSR count). The van der Waals surface area contributed by atoms with Crippen molar-refractivity contribution in [3.8, 4) is 0 Å². The van der Waals surface area contributed by atoms with E-state index in [1.165, 1.54) is 17.7 Å². The van der Waals surface area contributed by atoms with Crippen molar-refractivity contribution in [2.75, 3.05) is 0 Å². The largest absolute Gasteiger partial charge is 0.416 e. The summed E-state index contributed by atoms with van der Waals surface area (Å²) in [4.78, 5) is 0. The Kier molecular flexibility index (Phi) is 7.10. The van der Waals surface area contributed by atoms with Crippen molar-refractivity contribution < 1.29 is 13.2 Å². The number of benzene rings is 2. The monoisotopic (exact) mass is 343 g/mol. The smallest absolute Gasteiger partial charge is 0.307 e. The van der Waals surface area contributed by atoms with Crippen LogP contribution >= 0.6 is 12.4 Å². The summed E-state index contributed by atoms with van der Waals surface area (Å²) in [5.41, 5.74) is 1.27. The SMILES string of the molecule is CC(Cc1cccc(C(F)(F)F)c1)NC(C)c1ccccc1.Cl. The highest BCUT2D eigenvalue weighted by Crippen LogP contribution is 2.29. The minimum atomic E-state index is -4.29. The molecule has 0 aliphatic carbocycles. The summed E-state index contributed by atoms with van der Waals surface area (Å²) in [7, 11) is 0. The first kappa shape index (κ1) is 19.5. The van der Waals surface area contributed by atoms with Gasteiger partial charge in [0.25, 0.3) is 0 Å². The van der Waals surface area contributed by atoms with Crippen LogP contribution in [0.25, 0.3) is 0 Å². The highest BCUT2D eigenvalue weighted by Gasteiger charge is 2.30. The molecule has 2 atom stereocenters. The summed E-state index contributed by atoms with van der Waals surface area (Å²) in [5, 5.41) is 3.42. The van der Waals surface area contributed by atoms with Crippen LogP contribution in [0.2, 0.25) is 0 Å². The first-order valence-corrected chi connectivity index (χ1v) is 7.33. The minimum Gasteiger partial charge on any atom is -0.307 e. The number of rotatable bonds is 5. The van der Waals surface area contributed by atoms with Gasteiger partial charge in [-0.15, -0.1) is 12.4 Å². The van der Waals surface area contributed by atoms with E-state index in [0.29, 0.717) is 12.0 Å². The van der Waals surface area contributed by atoms with Gasteiger partial charge in [-0.2, -0.15) is 13.2 Å². The van der Waals surface area contributed by atoms with Gasteiger partial charge in [0.15, 0.2) is 0 Å². The molecule has 0 fully saturated rings. The molecule has 2 unspecified atom stereocenters. The van der Waals surface area contributed by atoms with E-state index in [1.54, 1.807) is 6.07 Å². The molecule has 0 aromatic heterocycles. The Labute approximate surface area is 141 Å². The molecule has 2 aromatic rings. The summed E-state index contributed by atoms with van der Waals surface area (Å²) in [6, 6.07) is 15.8. The predicted molar refractivity (Wildman–Crippen MR) is 89.9 cm³/mol. The fourth-order valence-corrected chi connectivity index (χ4v) is 2.55. The van der Waals surface area contributed by atoms with E-state index in [-0.39, 0.29) is 24.5 Å². The summed E-state index contributed by atoms with van der Waals surface area (Å²) < 4.78 is 38.2. The Morgan fingerprint density at radius 2 is 1.61 bits per heavy atom. The van der Waals surface area contributed by atoms with E-state index in [2.05, 4.69) is 12.2 Å². The van der Waals surface area contributed by atoms with Gasteiger partial charge in [0, 0.05) is 12.1 Å². The Bertz CT molecular complexity index is 599. The van der Waals surface area contributed by atoms with Crippen LogP contribution in [0.1, 0.15) is 36.6 Å². The molecule has 1 nitrogen and oxygen atoms in total. The summed E-state index contributed by atoms with van der Waals surface area (Å²) in [6.45, 7) is 4.04. The van der Waals surface area contributed by atoms with Gasteiger partial charge in [0.05, 0.1) is 5.56 Å². The molecule has 0 aliphatic rings. The second kappa shape index (κ2) is 8.37. The van der Waals surface area contributed by atoms with E-state index < -0.39 is 11.7 Å². The van der Waals surface area contributed by atoms with Gasteiger partial charge in [0.2, 0.25) is 0 Å². The molecule has 0 aliphatic heterocycles. The molecule has 23 heavy (non-hydrogen) atoms. The zero-order chi connectivity index (χ0) is 16.2. The highest BCUT2D eigenvalue weighted by molar-refractivity contribution is 5.85. The Balaban J connectivity index is 0.00000264. The molecule has 0 saturated carbocycles. The molecule has 0 bridgehead atoms. The molecular formula is C18H21ClF3N. The van der Waals surface area contributed by atoms with Crippen LogP contribution in [0.3, 0.4) is 0 Å². The van der Waals surface area contributed by atoms with Crippen LogP contribution in [-0.4, -0.2) is 6.04 Å². The molecule has 0 saturated heterocycles. The minimum absolute atomic E-state index is 0. The molecule has 0 amide bonds. The van der Waals surface area contributed by atoms with Gasteiger partial charge in [-0.05, 0) is 37.5 Å². The molecule has 2 aromatic carbocycles. The molecule has 0 heterocycles. The quantitative estimate of drug-likeness (QED) is 0.765. The fourth-order valence-electron chi connectivity index (χ4n) is 2.55. The third-order valence-corrected chi connectivity index (χ3v) is 3.63. The average Bonchev–Trinajstić information content (AvgIpc) is 2.47. The second-order valence-electron chi connectivity index (χ2n) is 5.60. The van der Waals surface area contributed by atoms with Gasteiger partial charge >= 0.3 is 6.18 Å². The Hall–Kier alpha value is -1.52. The van der Waals surface area contributed by atoms with Gasteiger partial charge in [-0.25, -0.2) is 0 Å². The zero-order valence-electron chi connectivity index (χ0n) is 13.1. The maximum absolute atomic E-state index is 12.7. The van der Waals surface area contributed by atoms with Crippen molar-refractivity contribution in [2.45, 2.75) is 38.5 Å². The summed E-state index contributed by atoms with van der Waals surface area (Å²) in [5.74, 6) is 0. The lowest BCUT2D eigenvalue weighted by Crippen LogP contribution is -2.30. The third kappa shape index (κ3) is 5.88. The van der Waals surface area contributed by atoms with E-state index in [9.17, 15) is 13.2 Å². The maximum atomic E-state index is 12.7. The van der Waals surface area contributed by atoms with E-state index >= 15 is 0 Å². The molecule has 0 spiro atoms. The number of halogens is 4. The van der Waals surface area contributed by atoms with Crippen LogP contribution in [0, 0.1) is 0 Å². The van der Waals surface area contributed by atoms with Crippen molar-refractivity contribution in [1.82, 2.24) is 5.32 Å². The standard InChI is InChI=1S/C18H20F3N.ClH/c1-13(22-14(2)16-8-4-3-5-9-16)11-15-7-6-10-17(12-15)18(19,20)21;/h3-10,12-14,22H,11H2,1-2H3;1H. The van der Waals surface area contributed by atoms with E-state index in [1.807, 2.05) is 37.3 Å².